The molecule has 0 bridgehead atoms. The van der Waals surface area contributed by atoms with E-state index in [9.17, 15) is 4.79 Å². The Morgan fingerprint density at radius 1 is 1.47 bits per heavy atom. The van der Waals surface area contributed by atoms with Gasteiger partial charge < -0.3 is 0 Å². The van der Waals surface area contributed by atoms with Crippen molar-refractivity contribution in [2.24, 2.45) is 5.84 Å². The number of amides is 1. The van der Waals surface area contributed by atoms with Gasteiger partial charge in [-0.15, -0.1) is 0 Å². The maximum Gasteiger partial charge on any atom is 0.234 e. The van der Waals surface area contributed by atoms with Crippen LogP contribution in [0.2, 0.25) is 0 Å². The molecule has 82 valence electrons. The number of carbonyl (C=O) groups is 1. The first kappa shape index (κ1) is 12.1. The Hall–Kier alpha value is -1.00. The minimum Gasteiger partial charge on any atom is -0.294 e. The number of rotatable bonds is 5. The van der Waals surface area contributed by atoms with Crippen molar-refractivity contribution < 1.29 is 4.79 Å². The van der Waals surface area contributed by atoms with E-state index in [-0.39, 0.29) is 11.2 Å². The summed E-state index contributed by atoms with van der Waals surface area (Å²) in [6, 6.07) is 10.2. The summed E-state index contributed by atoms with van der Waals surface area (Å²) in [5, 5.41) is 0.286. The molecule has 15 heavy (non-hydrogen) atoms. The first-order valence-electron chi connectivity index (χ1n) is 4.87. The Labute approximate surface area is 94.4 Å². The van der Waals surface area contributed by atoms with Gasteiger partial charge in [0, 0.05) is 17.4 Å². The number of nitrogens with two attached hydrogens (primary N) is 1. The van der Waals surface area contributed by atoms with Crippen molar-refractivity contribution in [1.82, 2.24) is 5.43 Å². The van der Waals surface area contributed by atoms with Crippen LogP contribution in [0.5, 0.6) is 0 Å². The second kappa shape index (κ2) is 6.48. The van der Waals surface area contributed by atoms with Crippen LogP contribution in [0.15, 0.2) is 30.3 Å². The van der Waals surface area contributed by atoms with E-state index in [0.717, 1.165) is 5.75 Å². The molecule has 0 aromatic heterocycles. The maximum atomic E-state index is 11.0. The molecule has 0 aliphatic carbocycles. The minimum absolute atomic E-state index is 0.108. The molecule has 3 nitrogen and oxygen atoms in total. The molecule has 1 atom stereocenters. The second-order valence-electron chi connectivity index (χ2n) is 3.38. The summed E-state index contributed by atoms with van der Waals surface area (Å²) in [6.07, 6.45) is 0.466. The van der Waals surface area contributed by atoms with Crippen molar-refractivity contribution in [2.45, 2.75) is 24.3 Å². The molecular formula is C11H16N2OS. The van der Waals surface area contributed by atoms with E-state index < -0.39 is 0 Å². The van der Waals surface area contributed by atoms with Crippen molar-refractivity contribution in [3.63, 3.8) is 0 Å². The van der Waals surface area contributed by atoms with Crippen LogP contribution in [0.3, 0.4) is 0 Å². The lowest BCUT2D eigenvalue weighted by molar-refractivity contribution is -0.121. The zero-order valence-electron chi connectivity index (χ0n) is 8.77. The summed E-state index contributed by atoms with van der Waals surface area (Å²) < 4.78 is 0. The van der Waals surface area contributed by atoms with Crippen LogP contribution in [0.1, 0.15) is 18.9 Å². The number of carbonyl (C=O) groups excluding carboxylic acids is 1. The van der Waals surface area contributed by atoms with E-state index in [4.69, 9.17) is 5.84 Å². The van der Waals surface area contributed by atoms with E-state index in [1.165, 1.54) is 5.56 Å². The van der Waals surface area contributed by atoms with Crippen LogP contribution in [-0.2, 0) is 10.5 Å². The van der Waals surface area contributed by atoms with Gasteiger partial charge >= 0.3 is 0 Å². The highest BCUT2D eigenvalue weighted by Crippen LogP contribution is 2.19. The molecule has 0 aliphatic heterocycles. The highest BCUT2D eigenvalue weighted by Gasteiger charge is 2.07. The molecule has 1 aromatic carbocycles. The lowest BCUT2D eigenvalue weighted by atomic mass is 10.2. The number of benzene rings is 1. The summed E-state index contributed by atoms with van der Waals surface area (Å²) in [4.78, 5) is 11.0. The summed E-state index contributed by atoms with van der Waals surface area (Å²) in [5.41, 5.74) is 3.42. The Morgan fingerprint density at radius 2 is 2.13 bits per heavy atom. The molecule has 0 spiro atoms. The number of nitrogens with one attached hydrogen (secondary N) is 1. The summed E-state index contributed by atoms with van der Waals surface area (Å²) in [5.74, 6) is 5.84. The van der Waals surface area contributed by atoms with Crippen molar-refractivity contribution in [3.8, 4) is 0 Å². The first-order valence-corrected chi connectivity index (χ1v) is 5.92. The van der Waals surface area contributed by atoms with Crippen molar-refractivity contribution >= 4 is 17.7 Å². The van der Waals surface area contributed by atoms with Crippen LogP contribution in [0, 0.1) is 0 Å². The molecule has 0 radical (unpaired) electrons. The highest BCUT2D eigenvalue weighted by atomic mass is 32.2. The van der Waals surface area contributed by atoms with Crippen LogP contribution >= 0.6 is 11.8 Å². The standard InChI is InChI=1S/C11H16N2OS/c1-9(7-11(14)13-12)15-8-10-5-3-2-4-6-10/h2-6,9H,7-8,12H2,1H3,(H,13,14). The fourth-order valence-corrected chi connectivity index (χ4v) is 2.13. The van der Waals surface area contributed by atoms with Gasteiger partial charge in [-0.05, 0) is 5.56 Å². The van der Waals surface area contributed by atoms with E-state index in [1.807, 2.05) is 25.1 Å². The summed E-state index contributed by atoms with van der Waals surface area (Å²) >= 11 is 1.76. The van der Waals surface area contributed by atoms with E-state index in [2.05, 4.69) is 17.6 Å². The largest absolute Gasteiger partial charge is 0.294 e. The van der Waals surface area contributed by atoms with Crippen molar-refractivity contribution in [1.29, 1.82) is 0 Å². The molecule has 1 amide bonds. The lowest BCUT2D eigenvalue weighted by Crippen LogP contribution is -2.31. The second-order valence-corrected chi connectivity index (χ2v) is 4.81. The smallest absolute Gasteiger partial charge is 0.234 e. The molecule has 0 saturated carbocycles. The Balaban J connectivity index is 2.28. The quantitative estimate of drug-likeness (QED) is 0.454. The summed E-state index contributed by atoms with van der Waals surface area (Å²) in [7, 11) is 0. The SMILES string of the molecule is CC(CC(=O)NN)SCc1ccccc1. The van der Waals surface area contributed by atoms with Crippen LogP contribution in [0.25, 0.3) is 0 Å². The predicted molar refractivity (Wildman–Crippen MR) is 64.1 cm³/mol. The molecule has 4 heteroatoms. The fourth-order valence-electron chi connectivity index (χ4n) is 1.19. The number of hydrogen-bond donors (Lipinski definition) is 2. The van der Waals surface area contributed by atoms with Crippen LogP contribution in [0.4, 0.5) is 0 Å². The molecule has 0 fully saturated rings. The average molecular weight is 224 g/mol. The molecule has 3 N–H and O–H groups in total. The van der Waals surface area contributed by atoms with E-state index in [0.29, 0.717) is 6.42 Å². The maximum absolute atomic E-state index is 11.0. The topological polar surface area (TPSA) is 55.1 Å². The zero-order chi connectivity index (χ0) is 11.1. The summed E-state index contributed by atoms with van der Waals surface area (Å²) in [6.45, 7) is 2.03. The Bertz CT molecular complexity index is 303. The third kappa shape index (κ3) is 4.85. The van der Waals surface area contributed by atoms with Gasteiger partial charge in [0.25, 0.3) is 0 Å². The van der Waals surface area contributed by atoms with Gasteiger partial charge in [0.05, 0.1) is 0 Å². The van der Waals surface area contributed by atoms with Gasteiger partial charge in [-0.25, -0.2) is 5.84 Å². The van der Waals surface area contributed by atoms with Gasteiger partial charge in [0.15, 0.2) is 0 Å². The normalized spacial score (nSPS) is 12.1. The fraction of sp³-hybridized carbons (Fsp3) is 0.364. The van der Waals surface area contributed by atoms with E-state index in [1.54, 1.807) is 11.8 Å². The Morgan fingerprint density at radius 3 is 2.73 bits per heavy atom. The molecule has 1 unspecified atom stereocenters. The molecule has 0 saturated heterocycles. The zero-order valence-corrected chi connectivity index (χ0v) is 9.59. The lowest BCUT2D eigenvalue weighted by Gasteiger charge is -2.09. The van der Waals surface area contributed by atoms with Gasteiger partial charge in [0.1, 0.15) is 0 Å². The van der Waals surface area contributed by atoms with Crippen LogP contribution < -0.4 is 11.3 Å². The molecule has 1 rings (SSSR count). The number of thioether (sulfide) groups is 1. The number of hydrazine groups is 1. The number of hydrogen-bond acceptors (Lipinski definition) is 3. The third-order valence-corrected chi connectivity index (χ3v) is 3.25. The highest BCUT2D eigenvalue weighted by molar-refractivity contribution is 7.99. The van der Waals surface area contributed by atoms with Gasteiger partial charge in [-0.3, -0.25) is 10.2 Å². The third-order valence-electron chi connectivity index (χ3n) is 2.01. The van der Waals surface area contributed by atoms with Gasteiger partial charge in [-0.2, -0.15) is 11.8 Å². The molecule has 0 aliphatic rings. The average Bonchev–Trinajstić information content (AvgIpc) is 2.27. The van der Waals surface area contributed by atoms with E-state index >= 15 is 0 Å². The molecular weight excluding hydrogens is 208 g/mol. The Kier molecular flexibility index (Phi) is 5.21. The minimum atomic E-state index is -0.108. The monoisotopic (exact) mass is 224 g/mol. The van der Waals surface area contributed by atoms with Crippen LogP contribution in [-0.4, -0.2) is 11.2 Å². The van der Waals surface area contributed by atoms with Crippen molar-refractivity contribution in [3.05, 3.63) is 35.9 Å². The van der Waals surface area contributed by atoms with Crippen molar-refractivity contribution in [2.75, 3.05) is 0 Å². The molecule has 0 heterocycles. The predicted octanol–water partition coefficient (Wildman–Crippen LogP) is 1.69. The van der Waals surface area contributed by atoms with Gasteiger partial charge in [-0.1, -0.05) is 37.3 Å². The molecule has 1 aromatic rings. The van der Waals surface area contributed by atoms with Gasteiger partial charge in [0.2, 0.25) is 5.91 Å². The first-order chi connectivity index (χ1) is 7.22.